The number of rotatable bonds is 2. The van der Waals surface area contributed by atoms with Crippen LogP contribution in [0.2, 0.25) is 0 Å². The minimum Gasteiger partial charge on any atom is -0.396 e. The molecule has 0 aliphatic carbocycles. The van der Waals surface area contributed by atoms with E-state index in [9.17, 15) is 0 Å². The summed E-state index contributed by atoms with van der Waals surface area (Å²) >= 11 is 0. The zero-order valence-corrected chi connectivity index (χ0v) is 11.5. The van der Waals surface area contributed by atoms with Crippen molar-refractivity contribution in [2.45, 2.75) is 13.8 Å². The van der Waals surface area contributed by atoms with Gasteiger partial charge in [0.15, 0.2) is 0 Å². The second-order valence-corrected chi connectivity index (χ2v) is 4.88. The standard InChI is InChI=1S/C16H16N4/c1-11-6-7-12(2)15(9-11)20-10-13(17)16(19-20)14-5-3-4-8-18-14/h3-10H,17H2,1-2H3. The van der Waals surface area contributed by atoms with Crippen molar-refractivity contribution in [3.63, 3.8) is 0 Å². The fraction of sp³-hybridized carbons (Fsp3) is 0.125. The van der Waals surface area contributed by atoms with Gasteiger partial charge >= 0.3 is 0 Å². The third-order valence-corrected chi connectivity index (χ3v) is 3.26. The predicted molar refractivity (Wildman–Crippen MR) is 80.7 cm³/mol. The molecule has 3 aromatic rings. The highest BCUT2D eigenvalue weighted by Gasteiger charge is 2.11. The molecule has 0 fully saturated rings. The third-order valence-electron chi connectivity index (χ3n) is 3.26. The van der Waals surface area contributed by atoms with Crippen molar-refractivity contribution in [2.24, 2.45) is 0 Å². The molecule has 4 heteroatoms. The van der Waals surface area contributed by atoms with Crippen LogP contribution in [0.15, 0.2) is 48.8 Å². The maximum absolute atomic E-state index is 6.08. The van der Waals surface area contributed by atoms with Crippen molar-refractivity contribution < 1.29 is 0 Å². The van der Waals surface area contributed by atoms with E-state index in [0.29, 0.717) is 11.4 Å². The second-order valence-electron chi connectivity index (χ2n) is 4.88. The van der Waals surface area contributed by atoms with E-state index in [-0.39, 0.29) is 0 Å². The Morgan fingerprint density at radius 1 is 1.10 bits per heavy atom. The normalized spacial score (nSPS) is 10.7. The zero-order valence-electron chi connectivity index (χ0n) is 11.5. The Morgan fingerprint density at radius 3 is 2.70 bits per heavy atom. The molecule has 0 aliphatic rings. The first-order valence-corrected chi connectivity index (χ1v) is 6.49. The number of pyridine rings is 1. The van der Waals surface area contributed by atoms with Gasteiger partial charge in [0.1, 0.15) is 5.69 Å². The van der Waals surface area contributed by atoms with E-state index in [2.05, 4.69) is 42.1 Å². The van der Waals surface area contributed by atoms with Gasteiger partial charge in [0.05, 0.1) is 23.3 Å². The number of anilines is 1. The number of nitrogen functional groups attached to an aromatic ring is 1. The molecule has 0 saturated carbocycles. The molecule has 2 N–H and O–H groups in total. The summed E-state index contributed by atoms with van der Waals surface area (Å²) in [5.41, 5.74) is 11.6. The van der Waals surface area contributed by atoms with E-state index in [1.165, 1.54) is 5.56 Å². The minimum atomic E-state index is 0.629. The summed E-state index contributed by atoms with van der Waals surface area (Å²) < 4.78 is 1.82. The molecular weight excluding hydrogens is 248 g/mol. The Balaban J connectivity index is 2.11. The lowest BCUT2D eigenvalue weighted by molar-refractivity contribution is 0.873. The number of aromatic nitrogens is 3. The van der Waals surface area contributed by atoms with E-state index in [0.717, 1.165) is 16.9 Å². The first kappa shape index (κ1) is 12.4. The lowest BCUT2D eigenvalue weighted by atomic mass is 10.1. The SMILES string of the molecule is Cc1ccc(C)c(-n2cc(N)c(-c3ccccn3)n2)c1. The van der Waals surface area contributed by atoms with Gasteiger partial charge in [-0.2, -0.15) is 5.10 Å². The van der Waals surface area contributed by atoms with Crippen molar-refractivity contribution in [1.29, 1.82) is 0 Å². The van der Waals surface area contributed by atoms with E-state index < -0.39 is 0 Å². The summed E-state index contributed by atoms with van der Waals surface area (Å²) in [5.74, 6) is 0. The summed E-state index contributed by atoms with van der Waals surface area (Å²) in [4.78, 5) is 4.30. The molecule has 20 heavy (non-hydrogen) atoms. The van der Waals surface area contributed by atoms with Gasteiger partial charge in [-0.3, -0.25) is 4.98 Å². The van der Waals surface area contributed by atoms with Crippen LogP contribution in [0, 0.1) is 13.8 Å². The number of benzene rings is 1. The molecule has 0 radical (unpaired) electrons. The highest BCUT2D eigenvalue weighted by molar-refractivity contribution is 5.69. The Hall–Kier alpha value is -2.62. The van der Waals surface area contributed by atoms with Gasteiger partial charge in [0, 0.05) is 6.20 Å². The van der Waals surface area contributed by atoms with E-state index >= 15 is 0 Å². The van der Waals surface area contributed by atoms with Crippen LogP contribution in [0.5, 0.6) is 0 Å². The molecule has 1 aromatic carbocycles. The van der Waals surface area contributed by atoms with Crippen LogP contribution in [-0.4, -0.2) is 14.8 Å². The lowest BCUT2D eigenvalue weighted by Gasteiger charge is -2.06. The van der Waals surface area contributed by atoms with Crippen molar-refractivity contribution in [2.75, 3.05) is 5.73 Å². The first-order valence-electron chi connectivity index (χ1n) is 6.49. The summed E-state index contributed by atoms with van der Waals surface area (Å²) in [7, 11) is 0. The molecule has 2 aromatic heterocycles. The van der Waals surface area contributed by atoms with Gasteiger partial charge in [-0.1, -0.05) is 18.2 Å². The predicted octanol–water partition coefficient (Wildman–Crippen LogP) is 3.13. The van der Waals surface area contributed by atoms with Gasteiger partial charge in [-0.05, 0) is 43.2 Å². The maximum atomic E-state index is 6.08. The molecule has 0 bridgehead atoms. The molecule has 0 unspecified atom stereocenters. The quantitative estimate of drug-likeness (QED) is 0.773. The largest absolute Gasteiger partial charge is 0.396 e. The average Bonchev–Trinajstić information content (AvgIpc) is 2.84. The van der Waals surface area contributed by atoms with Crippen molar-refractivity contribution in [3.05, 3.63) is 59.9 Å². The molecule has 0 aliphatic heterocycles. The fourth-order valence-corrected chi connectivity index (χ4v) is 2.18. The minimum absolute atomic E-state index is 0.629. The molecule has 0 atom stereocenters. The zero-order chi connectivity index (χ0) is 14.1. The maximum Gasteiger partial charge on any atom is 0.134 e. The first-order chi connectivity index (χ1) is 9.65. The summed E-state index contributed by atoms with van der Waals surface area (Å²) in [6, 6.07) is 12.0. The van der Waals surface area contributed by atoms with Gasteiger partial charge < -0.3 is 5.73 Å². The number of nitrogens with zero attached hydrogens (tertiary/aromatic N) is 3. The van der Waals surface area contributed by atoms with Crippen LogP contribution in [0.1, 0.15) is 11.1 Å². The molecule has 3 rings (SSSR count). The lowest BCUT2D eigenvalue weighted by Crippen LogP contribution is -1.98. The van der Waals surface area contributed by atoms with Crippen molar-refractivity contribution in [1.82, 2.24) is 14.8 Å². The highest BCUT2D eigenvalue weighted by atomic mass is 15.3. The van der Waals surface area contributed by atoms with Gasteiger partial charge in [0.2, 0.25) is 0 Å². The van der Waals surface area contributed by atoms with Crippen LogP contribution >= 0.6 is 0 Å². The Bertz CT molecular complexity index is 744. The summed E-state index contributed by atoms with van der Waals surface area (Å²) in [6.07, 6.45) is 3.58. The molecule has 0 amide bonds. The summed E-state index contributed by atoms with van der Waals surface area (Å²) in [5, 5.41) is 4.58. The van der Waals surface area contributed by atoms with Gasteiger partial charge in [-0.25, -0.2) is 4.68 Å². The Kier molecular flexibility index (Phi) is 2.99. The van der Waals surface area contributed by atoms with Crippen molar-refractivity contribution >= 4 is 5.69 Å². The number of hydrogen-bond acceptors (Lipinski definition) is 3. The fourth-order valence-electron chi connectivity index (χ4n) is 2.18. The Morgan fingerprint density at radius 2 is 1.95 bits per heavy atom. The average molecular weight is 264 g/mol. The van der Waals surface area contributed by atoms with Gasteiger partial charge in [0.25, 0.3) is 0 Å². The topological polar surface area (TPSA) is 56.7 Å². The van der Waals surface area contributed by atoms with Crippen LogP contribution in [-0.2, 0) is 0 Å². The summed E-state index contributed by atoms with van der Waals surface area (Å²) in [6.45, 7) is 4.13. The van der Waals surface area contributed by atoms with E-state index in [1.54, 1.807) is 6.20 Å². The smallest absolute Gasteiger partial charge is 0.134 e. The van der Waals surface area contributed by atoms with Gasteiger partial charge in [-0.15, -0.1) is 0 Å². The van der Waals surface area contributed by atoms with Crippen molar-refractivity contribution in [3.8, 4) is 17.1 Å². The molecular formula is C16H16N4. The van der Waals surface area contributed by atoms with Crippen LogP contribution in [0.4, 0.5) is 5.69 Å². The molecule has 100 valence electrons. The molecule has 0 saturated heterocycles. The molecule has 4 nitrogen and oxygen atoms in total. The van der Waals surface area contributed by atoms with Crippen LogP contribution < -0.4 is 5.73 Å². The molecule has 2 heterocycles. The third kappa shape index (κ3) is 2.16. The molecule has 0 spiro atoms. The number of nitrogens with two attached hydrogens (primary N) is 1. The Labute approximate surface area is 117 Å². The van der Waals surface area contributed by atoms with E-state index in [1.807, 2.05) is 29.1 Å². The second kappa shape index (κ2) is 4.81. The van der Waals surface area contributed by atoms with E-state index in [4.69, 9.17) is 5.73 Å². The van der Waals surface area contributed by atoms with Crippen LogP contribution in [0.3, 0.4) is 0 Å². The van der Waals surface area contributed by atoms with Crippen LogP contribution in [0.25, 0.3) is 17.1 Å². The number of hydrogen-bond donors (Lipinski definition) is 1. The monoisotopic (exact) mass is 264 g/mol. The highest BCUT2D eigenvalue weighted by Crippen LogP contribution is 2.24. The number of aryl methyl sites for hydroxylation is 2.